The predicted molar refractivity (Wildman–Crippen MR) is 101 cm³/mol. The van der Waals surface area contributed by atoms with Crippen LogP contribution in [0.1, 0.15) is 25.8 Å². The number of benzene rings is 2. The Balaban J connectivity index is 2.03. The molecule has 0 aliphatic carbocycles. The van der Waals surface area contributed by atoms with E-state index in [0.29, 0.717) is 5.56 Å². The molecular weight excluding hydrogens is 388 g/mol. The van der Waals surface area contributed by atoms with Gasteiger partial charge in [-0.05, 0) is 41.7 Å². The number of nitrogens with zero attached hydrogens (tertiary/aromatic N) is 2. The molecule has 3 aromatic rings. The highest BCUT2D eigenvalue weighted by molar-refractivity contribution is 5.77. The van der Waals surface area contributed by atoms with Crippen molar-refractivity contribution in [2.75, 3.05) is 0 Å². The average Bonchev–Trinajstić information content (AvgIpc) is 2.63. The Morgan fingerprint density at radius 3 is 2.28 bits per heavy atom. The molecular formula is C21H20F4N2O2. The van der Waals surface area contributed by atoms with E-state index >= 15 is 0 Å². The molecule has 0 saturated carbocycles. The van der Waals surface area contributed by atoms with Crippen LogP contribution in [0.4, 0.5) is 17.6 Å². The first-order valence-electron chi connectivity index (χ1n) is 8.92. The van der Waals surface area contributed by atoms with Gasteiger partial charge in [-0.15, -0.1) is 0 Å². The van der Waals surface area contributed by atoms with Crippen LogP contribution in [-0.2, 0) is 12.0 Å². The summed E-state index contributed by atoms with van der Waals surface area (Å²) in [6, 6.07) is 11.3. The third-order valence-corrected chi connectivity index (χ3v) is 5.08. The molecule has 1 aromatic heterocycles. The molecule has 0 aliphatic rings. The Morgan fingerprint density at radius 1 is 1.03 bits per heavy atom. The number of hydrogen-bond acceptors (Lipinski definition) is 3. The summed E-state index contributed by atoms with van der Waals surface area (Å²) < 4.78 is 56.3. The van der Waals surface area contributed by atoms with Gasteiger partial charge in [-0.25, -0.2) is 4.39 Å². The van der Waals surface area contributed by atoms with Gasteiger partial charge in [0.2, 0.25) is 0 Å². The van der Waals surface area contributed by atoms with Gasteiger partial charge in [0.15, 0.2) is 5.60 Å². The van der Waals surface area contributed by atoms with Gasteiger partial charge in [0.05, 0.1) is 23.8 Å². The maximum Gasteiger partial charge on any atom is 0.418 e. The topological polar surface area (TPSA) is 55.1 Å². The Hall–Kier alpha value is -2.74. The maximum atomic E-state index is 14.0. The Bertz CT molecular complexity index is 1070. The molecule has 2 aromatic carbocycles. The lowest BCUT2D eigenvalue weighted by atomic mass is 9.74. The molecule has 0 fully saturated rings. The number of aromatic nitrogens is 2. The SMILES string of the molecule is CC(C)(CC(O)(Cn1cnc(=O)c2ccccc21)C(F)(F)F)c1ccc(F)cc1. The summed E-state index contributed by atoms with van der Waals surface area (Å²) in [4.78, 5) is 15.5. The molecule has 0 aliphatic heterocycles. The second-order valence-corrected chi connectivity index (χ2v) is 7.79. The van der Waals surface area contributed by atoms with E-state index in [2.05, 4.69) is 4.98 Å². The third-order valence-electron chi connectivity index (χ3n) is 5.08. The largest absolute Gasteiger partial charge is 0.418 e. The van der Waals surface area contributed by atoms with Crippen LogP contribution in [0.25, 0.3) is 10.9 Å². The van der Waals surface area contributed by atoms with Crippen molar-refractivity contribution in [1.82, 2.24) is 9.55 Å². The number of para-hydroxylation sites is 1. The van der Waals surface area contributed by atoms with Crippen LogP contribution in [0.15, 0.2) is 59.7 Å². The summed E-state index contributed by atoms with van der Waals surface area (Å²) in [5, 5.41) is 10.9. The van der Waals surface area contributed by atoms with E-state index in [1.54, 1.807) is 26.0 Å². The molecule has 1 heterocycles. The zero-order valence-electron chi connectivity index (χ0n) is 15.9. The molecule has 8 heteroatoms. The molecule has 3 rings (SSSR count). The van der Waals surface area contributed by atoms with Crippen LogP contribution in [0.3, 0.4) is 0 Å². The van der Waals surface area contributed by atoms with Gasteiger partial charge in [-0.1, -0.05) is 38.1 Å². The molecule has 0 radical (unpaired) electrons. The lowest BCUT2D eigenvalue weighted by molar-refractivity contribution is -0.271. The molecule has 1 unspecified atom stereocenters. The van der Waals surface area contributed by atoms with Crippen LogP contribution in [0.2, 0.25) is 0 Å². The highest BCUT2D eigenvalue weighted by atomic mass is 19.4. The third kappa shape index (κ3) is 4.17. The lowest BCUT2D eigenvalue weighted by Gasteiger charge is -2.38. The van der Waals surface area contributed by atoms with Crippen molar-refractivity contribution < 1.29 is 22.7 Å². The summed E-state index contributed by atoms with van der Waals surface area (Å²) in [6.45, 7) is 2.27. The number of halogens is 4. The Morgan fingerprint density at radius 2 is 1.66 bits per heavy atom. The Labute approximate surface area is 164 Å². The van der Waals surface area contributed by atoms with E-state index in [1.807, 2.05) is 0 Å². The second kappa shape index (κ2) is 7.26. The summed E-state index contributed by atoms with van der Waals surface area (Å²) in [6.07, 6.45) is -4.61. The fraction of sp³-hybridized carbons (Fsp3) is 0.333. The summed E-state index contributed by atoms with van der Waals surface area (Å²) >= 11 is 0. The first-order valence-corrected chi connectivity index (χ1v) is 8.92. The predicted octanol–water partition coefficient (Wildman–Crippen LogP) is 4.20. The molecule has 0 spiro atoms. The van der Waals surface area contributed by atoms with E-state index in [-0.39, 0.29) is 10.9 Å². The number of fused-ring (bicyclic) bond motifs is 1. The molecule has 0 amide bonds. The van der Waals surface area contributed by atoms with Crippen LogP contribution < -0.4 is 5.56 Å². The smallest absolute Gasteiger partial charge is 0.379 e. The minimum Gasteiger partial charge on any atom is -0.379 e. The van der Waals surface area contributed by atoms with E-state index in [1.165, 1.54) is 36.4 Å². The van der Waals surface area contributed by atoms with Crippen molar-refractivity contribution in [3.05, 3.63) is 76.6 Å². The minimum absolute atomic E-state index is 0.164. The van der Waals surface area contributed by atoms with Gasteiger partial charge in [-0.2, -0.15) is 18.2 Å². The van der Waals surface area contributed by atoms with Crippen molar-refractivity contribution in [1.29, 1.82) is 0 Å². The highest BCUT2D eigenvalue weighted by Crippen LogP contribution is 2.42. The molecule has 154 valence electrons. The summed E-state index contributed by atoms with van der Waals surface area (Å²) in [5.74, 6) is -0.499. The molecule has 1 atom stereocenters. The van der Waals surface area contributed by atoms with E-state index in [4.69, 9.17) is 0 Å². The summed E-state index contributed by atoms with van der Waals surface area (Å²) in [7, 11) is 0. The van der Waals surface area contributed by atoms with Crippen LogP contribution >= 0.6 is 0 Å². The van der Waals surface area contributed by atoms with Crippen molar-refractivity contribution in [2.24, 2.45) is 0 Å². The zero-order valence-corrected chi connectivity index (χ0v) is 15.9. The maximum absolute atomic E-state index is 14.0. The van der Waals surface area contributed by atoms with Gasteiger partial charge < -0.3 is 9.67 Å². The van der Waals surface area contributed by atoms with E-state index < -0.39 is 41.5 Å². The fourth-order valence-electron chi connectivity index (χ4n) is 3.55. The van der Waals surface area contributed by atoms with Crippen molar-refractivity contribution >= 4 is 10.9 Å². The lowest BCUT2D eigenvalue weighted by Crippen LogP contribution is -2.52. The number of aliphatic hydroxyl groups is 1. The Kier molecular flexibility index (Phi) is 5.25. The fourth-order valence-corrected chi connectivity index (χ4v) is 3.55. The first-order chi connectivity index (χ1) is 13.4. The minimum atomic E-state index is -4.95. The number of alkyl halides is 3. The highest BCUT2D eigenvalue weighted by Gasteiger charge is 2.56. The molecule has 4 nitrogen and oxygen atoms in total. The molecule has 0 bridgehead atoms. The first kappa shape index (κ1) is 21.0. The van der Waals surface area contributed by atoms with Gasteiger partial charge >= 0.3 is 6.18 Å². The van der Waals surface area contributed by atoms with Gasteiger partial charge in [0, 0.05) is 0 Å². The van der Waals surface area contributed by atoms with Gasteiger partial charge in [0.25, 0.3) is 5.56 Å². The normalized spacial score (nSPS) is 14.7. The van der Waals surface area contributed by atoms with Crippen LogP contribution in [0, 0.1) is 5.82 Å². The summed E-state index contributed by atoms with van der Waals surface area (Å²) in [5.41, 5.74) is -4.07. The number of hydrogen-bond donors (Lipinski definition) is 1. The van der Waals surface area contributed by atoms with Gasteiger partial charge in [0.1, 0.15) is 5.82 Å². The second-order valence-electron chi connectivity index (χ2n) is 7.79. The average molecular weight is 408 g/mol. The standard InChI is InChI=1S/C21H20F4N2O2/c1-19(2,14-7-9-15(22)10-8-14)11-20(29,21(23,24)25)12-27-13-26-18(28)16-5-3-4-6-17(16)27/h3-10,13,29H,11-12H2,1-2H3. The van der Waals surface area contributed by atoms with Gasteiger partial charge in [-0.3, -0.25) is 4.79 Å². The zero-order chi connectivity index (χ0) is 21.4. The monoisotopic (exact) mass is 408 g/mol. The van der Waals surface area contributed by atoms with Crippen molar-refractivity contribution in [2.45, 2.75) is 44.0 Å². The van der Waals surface area contributed by atoms with Crippen LogP contribution in [-0.4, -0.2) is 26.4 Å². The van der Waals surface area contributed by atoms with Crippen molar-refractivity contribution in [3.8, 4) is 0 Å². The molecule has 0 saturated heterocycles. The molecule has 29 heavy (non-hydrogen) atoms. The van der Waals surface area contributed by atoms with Crippen molar-refractivity contribution in [3.63, 3.8) is 0 Å². The van der Waals surface area contributed by atoms with E-state index in [0.717, 1.165) is 10.9 Å². The van der Waals surface area contributed by atoms with Crippen LogP contribution in [0.5, 0.6) is 0 Å². The molecule has 1 N–H and O–H groups in total. The quantitative estimate of drug-likeness (QED) is 0.644. The number of rotatable bonds is 5. The van der Waals surface area contributed by atoms with E-state index in [9.17, 15) is 27.5 Å².